The molecule has 0 saturated carbocycles. The van der Waals surface area contributed by atoms with Gasteiger partial charge in [0, 0.05) is 27.8 Å². The predicted octanol–water partition coefficient (Wildman–Crippen LogP) is 3.87. The van der Waals surface area contributed by atoms with Crippen LogP contribution in [0.3, 0.4) is 0 Å². The van der Waals surface area contributed by atoms with Gasteiger partial charge in [-0.15, -0.1) is 0 Å². The van der Waals surface area contributed by atoms with E-state index in [1.807, 2.05) is 90.9 Å². The first-order chi connectivity index (χ1) is 24.4. The highest BCUT2D eigenvalue weighted by Gasteiger charge is 2.43. The van der Waals surface area contributed by atoms with Crippen molar-refractivity contribution in [1.82, 2.24) is 25.3 Å². The Labute approximate surface area is 313 Å². The molecule has 1 unspecified atom stereocenters. The minimum absolute atomic E-state index is 0.0153. The molecule has 3 N–H and O–H groups in total. The van der Waals surface area contributed by atoms with Crippen LogP contribution in [0.5, 0.6) is 0 Å². The van der Waals surface area contributed by atoms with E-state index in [0.29, 0.717) is 18.5 Å². The highest BCUT2D eigenvalue weighted by molar-refractivity contribution is 5.90. The van der Waals surface area contributed by atoms with Gasteiger partial charge in [-0.05, 0) is 57.2 Å². The average Bonchev–Trinajstić information content (AvgIpc) is 3.59. The second-order valence-electron chi connectivity index (χ2n) is 15.6. The van der Waals surface area contributed by atoms with Crippen molar-refractivity contribution in [3.63, 3.8) is 0 Å². The fraction of sp³-hybridized carbons (Fsp3) is 0.750. The molecule has 296 valence electrons. The number of amides is 4. The van der Waals surface area contributed by atoms with Crippen LogP contribution in [0.15, 0.2) is 30.3 Å². The van der Waals surface area contributed by atoms with Crippen molar-refractivity contribution in [2.24, 2.45) is 23.7 Å². The van der Waals surface area contributed by atoms with E-state index in [1.54, 1.807) is 44.9 Å². The van der Waals surface area contributed by atoms with Crippen molar-refractivity contribution in [2.45, 2.75) is 130 Å². The maximum Gasteiger partial charge on any atom is 0.245 e. The summed E-state index contributed by atoms with van der Waals surface area (Å²) in [6.45, 7) is 16.0. The number of ether oxygens (including phenoxy) is 2. The van der Waals surface area contributed by atoms with Gasteiger partial charge in [0.2, 0.25) is 23.6 Å². The molecule has 0 radical (unpaired) electrons. The highest BCUT2D eigenvalue weighted by Crippen LogP contribution is 2.30. The van der Waals surface area contributed by atoms with Crippen LogP contribution in [-0.4, -0.2) is 128 Å². The lowest BCUT2D eigenvalue weighted by Crippen LogP contribution is -2.59. The van der Waals surface area contributed by atoms with Gasteiger partial charge in [-0.2, -0.15) is 0 Å². The van der Waals surface area contributed by atoms with Gasteiger partial charge >= 0.3 is 0 Å². The first-order valence-electron chi connectivity index (χ1n) is 19.0. The van der Waals surface area contributed by atoms with E-state index in [4.69, 9.17) is 9.47 Å². The zero-order chi connectivity index (χ0) is 39.4. The maximum absolute atomic E-state index is 14.2. The highest BCUT2D eigenvalue weighted by atomic mass is 16.5. The minimum Gasteiger partial charge on any atom is -0.386 e. The smallest absolute Gasteiger partial charge is 0.245 e. The number of aliphatic hydroxyl groups is 1. The number of nitrogens with zero attached hydrogens (tertiary/aromatic N) is 3. The lowest BCUT2D eigenvalue weighted by Gasteiger charge is -2.41. The Morgan fingerprint density at radius 1 is 0.904 bits per heavy atom. The monoisotopic (exact) mass is 732 g/mol. The van der Waals surface area contributed by atoms with Gasteiger partial charge in [-0.3, -0.25) is 24.1 Å². The maximum atomic E-state index is 14.2. The second kappa shape index (κ2) is 21.0. The standard InChI is InChI=1S/C40H69N5O7/c1-14-26(6)35(44(11)40(50)33(24(2)3)42-39(49)34(25(4)5)43(9)10)31(51-12)23-32(46)45-22-18-21-30(45)37(52-13)27(7)38(48)41-28(8)36(47)29-19-16-15-17-20-29/h15-17,19-20,24-28,30-31,33-37,47H,14,18,21-23H2,1-13H3,(H,41,48)(H,42,49)/t26-,27+,28+,30-,31+,33?,34-,35-,36+,37+/m0/s1. The summed E-state index contributed by atoms with van der Waals surface area (Å²) in [4.78, 5) is 60.6. The lowest BCUT2D eigenvalue weighted by molar-refractivity contribution is -0.148. The zero-order valence-electron chi connectivity index (χ0n) is 34.1. The number of carbonyl (C=O) groups is 4. The van der Waals surface area contributed by atoms with E-state index < -0.39 is 48.4 Å². The van der Waals surface area contributed by atoms with E-state index in [0.717, 1.165) is 12.8 Å². The molecule has 1 aromatic rings. The topological polar surface area (TPSA) is 141 Å². The number of likely N-dealkylation sites (N-methyl/N-ethyl adjacent to an activating group) is 2. The van der Waals surface area contributed by atoms with Crippen LogP contribution in [0.25, 0.3) is 0 Å². The van der Waals surface area contributed by atoms with E-state index >= 15 is 0 Å². The summed E-state index contributed by atoms with van der Waals surface area (Å²) in [7, 11) is 8.57. The van der Waals surface area contributed by atoms with Crippen LogP contribution in [0.2, 0.25) is 0 Å². The Bertz CT molecular complexity index is 1270. The first-order valence-corrected chi connectivity index (χ1v) is 19.0. The number of carbonyl (C=O) groups excluding carboxylic acids is 4. The van der Waals surface area contributed by atoms with Gasteiger partial charge in [0.25, 0.3) is 0 Å². The molecular formula is C40H69N5O7. The van der Waals surface area contributed by atoms with Gasteiger partial charge in [-0.25, -0.2) is 0 Å². The molecule has 1 heterocycles. The van der Waals surface area contributed by atoms with Crippen molar-refractivity contribution < 1.29 is 33.8 Å². The Morgan fingerprint density at radius 2 is 1.52 bits per heavy atom. The van der Waals surface area contributed by atoms with Crippen LogP contribution in [-0.2, 0) is 28.7 Å². The second-order valence-corrected chi connectivity index (χ2v) is 15.6. The fourth-order valence-electron chi connectivity index (χ4n) is 7.78. The van der Waals surface area contributed by atoms with Crippen LogP contribution in [0.4, 0.5) is 0 Å². The quantitative estimate of drug-likeness (QED) is 0.184. The molecule has 0 aliphatic carbocycles. The number of aliphatic hydroxyl groups excluding tert-OH is 1. The van der Waals surface area contributed by atoms with Crippen molar-refractivity contribution in [3.05, 3.63) is 35.9 Å². The molecule has 10 atom stereocenters. The number of rotatable bonds is 20. The van der Waals surface area contributed by atoms with Crippen molar-refractivity contribution >= 4 is 23.6 Å². The van der Waals surface area contributed by atoms with Gasteiger partial charge in [0.05, 0.1) is 54.8 Å². The van der Waals surface area contributed by atoms with Gasteiger partial charge in [0.1, 0.15) is 6.04 Å². The zero-order valence-corrected chi connectivity index (χ0v) is 34.1. The van der Waals surface area contributed by atoms with Crippen molar-refractivity contribution in [1.29, 1.82) is 0 Å². The molecule has 12 nitrogen and oxygen atoms in total. The largest absolute Gasteiger partial charge is 0.386 e. The van der Waals surface area contributed by atoms with Crippen molar-refractivity contribution in [3.8, 4) is 0 Å². The molecule has 0 aromatic heterocycles. The molecule has 4 amide bonds. The number of benzene rings is 1. The van der Waals surface area contributed by atoms with E-state index in [2.05, 4.69) is 10.6 Å². The Hall–Kier alpha value is -3.06. The first kappa shape index (κ1) is 45.1. The number of nitrogens with one attached hydrogen (secondary N) is 2. The normalized spacial score (nSPS) is 20.1. The molecule has 12 heteroatoms. The Kier molecular flexibility index (Phi) is 18.2. The summed E-state index contributed by atoms with van der Waals surface area (Å²) in [5.41, 5.74) is 0.711. The fourth-order valence-corrected chi connectivity index (χ4v) is 7.78. The molecule has 1 aliphatic rings. The number of methoxy groups -OCH3 is 2. The van der Waals surface area contributed by atoms with Crippen LogP contribution >= 0.6 is 0 Å². The molecule has 1 aliphatic heterocycles. The third kappa shape index (κ3) is 11.5. The average molecular weight is 732 g/mol. The molecule has 1 saturated heterocycles. The molecule has 1 fully saturated rings. The third-order valence-electron chi connectivity index (χ3n) is 10.9. The SMILES string of the molecule is CC[C@H](C)[C@@H]([C@@H](CC(=O)N1CCC[C@H]1[C@H](OC)[C@@H](C)C(=O)N[C@H](C)[C@@H](O)c1ccccc1)OC)N(C)C(=O)C(NC(=O)[C@H](C(C)C)N(C)C)C(C)C. The lowest BCUT2D eigenvalue weighted by atomic mass is 9.89. The number of hydrogen-bond acceptors (Lipinski definition) is 8. The van der Waals surface area contributed by atoms with E-state index in [1.165, 1.54) is 0 Å². The molecule has 2 rings (SSSR count). The predicted molar refractivity (Wildman–Crippen MR) is 204 cm³/mol. The minimum atomic E-state index is -0.876. The summed E-state index contributed by atoms with van der Waals surface area (Å²) < 4.78 is 11.9. The summed E-state index contributed by atoms with van der Waals surface area (Å²) in [5, 5.41) is 16.8. The van der Waals surface area contributed by atoms with Crippen LogP contribution in [0, 0.1) is 23.7 Å². The summed E-state index contributed by atoms with van der Waals surface area (Å²) in [6, 6.07) is 6.72. The molecule has 0 bridgehead atoms. The number of hydrogen-bond donors (Lipinski definition) is 3. The summed E-state index contributed by atoms with van der Waals surface area (Å²) >= 11 is 0. The van der Waals surface area contributed by atoms with Gasteiger partial charge < -0.3 is 35.0 Å². The van der Waals surface area contributed by atoms with E-state index in [-0.39, 0.29) is 53.8 Å². The van der Waals surface area contributed by atoms with Gasteiger partial charge in [0.15, 0.2) is 0 Å². The Balaban J connectivity index is 2.25. The number of likely N-dealkylation sites (tertiary alicyclic amines) is 1. The Morgan fingerprint density at radius 3 is 2.02 bits per heavy atom. The van der Waals surface area contributed by atoms with E-state index in [9.17, 15) is 24.3 Å². The molecule has 0 spiro atoms. The van der Waals surface area contributed by atoms with Crippen LogP contribution < -0.4 is 10.6 Å². The summed E-state index contributed by atoms with van der Waals surface area (Å²) in [5.74, 6) is -1.57. The van der Waals surface area contributed by atoms with Crippen LogP contribution in [0.1, 0.15) is 92.7 Å². The van der Waals surface area contributed by atoms with Gasteiger partial charge in [-0.1, -0.05) is 85.2 Å². The molecule has 52 heavy (non-hydrogen) atoms. The molecular weight excluding hydrogens is 662 g/mol. The molecule has 1 aromatic carbocycles. The summed E-state index contributed by atoms with van der Waals surface area (Å²) in [6.07, 6.45) is 0.148. The van der Waals surface area contributed by atoms with Crippen molar-refractivity contribution in [2.75, 3.05) is 41.9 Å². The third-order valence-corrected chi connectivity index (χ3v) is 10.9.